The van der Waals surface area contributed by atoms with E-state index >= 15 is 0 Å². The van der Waals surface area contributed by atoms with Gasteiger partial charge in [0, 0.05) is 16.2 Å². The Labute approximate surface area is 219 Å². The van der Waals surface area contributed by atoms with E-state index in [1.807, 2.05) is 27.1 Å². The number of ether oxygens (including phenoxy) is 3. The Kier molecular flexibility index (Phi) is 6.73. The van der Waals surface area contributed by atoms with Crippen LogP contribution in [0.4, 0.5) is 0 Å². The van der Waals surface area contributed by atoms with Crippen LogP contribution in [0.5, 0.6) is 17.2 Å². The molecule has 1 aromatic heterocycles. The number of aliphatic hydroxyl groups excluding tert-OH is 2. The largest absolute Gasteiger partial charge is 0.507 e. The number of fused-ring (bicyclic) bond motifs is 5. The predicted octanol–water partition coefficient (Wildman–Crippen LogP) is 2.08. The summed E-state index contributed by atoms with van der Waals surface area (Å²) in [6.07, 6.45) is -2.73. The molecule has 0 amide bonds. The third-order valence-electron chi connectivity index (χ3n) is 7.76. The van der Waals surface area contributed by atoms with E-state index in [9.17, 15) is 20.1 Å². The molecule has 38 heavy (non-hydrogen) atoms. The number of aryl methyl sites for hydroxylation is 1. The van der Waals surface area contributed by atoms with Gasteiger partial charge in [0.05, 0.1) is 45.2 Å². The van der Waals surface area contributed by atoms with Crippen LogP contribution in [0.2, 0.25) is 0 Å². The van der Waals surface area contributed by atoms with Crippen LogP contribution in [0.15, 0.2) is 39.5 Å². The van der Waals surface area contributed by atoms with Gasteiger partial charge in [-0.3, -0.25) is 0 Å². The number of benzene rings is 3. The molecule has 0 spiro atoms. The van der Waals surface area contributed by atoms with E-state index in [4.69, 9.17) is 18.6 Å². The second-order valence-corrected chi connectivity index (χ2v) is 10.2. The first kappa shape index (κ1) is 26.2. The summed E-state index contributed by atoms with van der Waals surface area (Å²) in [7, 11) is 6.77. The Balaban J connectivity index is 1.93. The Morgan fingerprint density at radius 1 is 0.947 bits per heavy atom. The zero-order valence-corrected chi connectivity index (χ0v) is 22.4. The number of aliphatic hydroxyl groups is 2. The molecule has 1 saturated heterocycles. The molecule has 4 aromatic rings. The molecule has 0 bridgehead atoms. The maximum atomic E-state index is 13.4. The molecule has 0 radical (unpaired) electrons. The fourth-order valence-electron chi connectivity index (χ4n) is 5.83. The van der Waals surface area contributed by atoms with Crippen molar-refractivity contribution >= 4 is 32.5 Å². The number of nitrogens with one attached hydrogen (secondary N) is 1. The van der Waals surface area contributed by atoms with Crippen LogP contribution in [0.3, 0.4) is 0 Å². The van der Waals surface area contributed by atoms with E-state index in [0.29, 0.717) is 50.4 Å². The van der Waals surface area contributed by atoms with Gasteiger partial charge in [-0.15, -0.1) is 0 Å². The van der Waals surface area contributed by atoms with Crippen molar-refractivity contribution in [2.24, 2.45) is 0 Å². The lowest BCUT2D eigenvalue weighted by atomic mass is 9.86. The number of likely N-dealkylation sites (N-methyl/N-ethyl adjacent to an activating group) is 1. The number of rotatable bonds is 5. The number of aromatic hydroxyl groups is 1. The summed E-state index contributed by atoms with van der Waals surface area (Å²) >= 11 is 0. The molecule has 9 heteroatoms. The molecule has 0 aliphatic carbocycles. The number of phenols is 1. The van der Waals surface area contributed by atoms with Crippen molar-refractivity contribution in [3.63, 3.8) is 0 Å². The molecule has 1 aliphatic rings. The number of quaternary nitrogens is 1. The first-order valence-electron chi connectivity index (χ1n) is 12.7. The zero-order valence-electron chi connectivity index (χ0n) is 22.4. The lowest BCUT2D eigenvalue weighted by molar-refractivity contribution is -0.897. The Morgan fingerprint density at radius 3 is 2.26 bits per heavy atom. The van der Waals surface area contributed by atoms with Crippen LogP contribution in [0.1, 0.15) is 31.1 Å². The highest BCUT2D eigenvalue weighted by atomic mass is 16.5. The lowest BCUT2D eigenvalue weighted by Gasteiger charge is -2.42. The standard InChI is InChI=1S/C29H33NO8/c1-7-14-10-17-21(19(11-14)35-5)16-12-20(36-6)23-18(31)9-8-15(22(23)27(16)38-29(17)34)28-26(33)24(30(3)4)25(32)13(2)37-28/h8-13,24-26,28,31-33H,7H2,1-6H3/p+1/t13-,24-,25-,26+,28-/m0/s1. The molecule has 5 atom stereocenters. The molecular formula is C29H34NO8+. The van der Waals surface area contributed by atoms with Crippen molar-refractivity contribution in [1.82, 2.24) is 0 Å². The van der Waals surface area contributed by atoms with E-state index < -0.39 is 36.1 Å². The maximum absolute atomic E-state index is 13.4. The van der Waals surface area contributed by atoms with Crippen LogP contribution in [-0.4, -0.2) is 68.0 Å². The van der Waals surface area contributed by atoms with Gasteiger partial charge in [0.25, 0.3) is 0 Å². The normalized spacial score (nSPS) is 24.0. The van der Waals surface area contributed by atoms with E-state index in [-0.39, 0.29) is 11.3 Å². The second-order valence-electron chi connectivity index (χ2n) is 10.2. The minimum Gasteiger partial charge on any atom is -0.507 e. The molecule has 2 heterocycles. The minimum absolute atomic E-state index is 0.0771. The van der Waals surface area contributed by atoms with Gasteiger partial charge >= 0.3 is 5.63 Å². The van der Waals surface area contributed by atoms with E-state index in [2.05, 4.69) is 0 Å². The number of hydrogen-bond donors (Lipinski definition) is 4. The van der Waals surface area contributed by atoms with Crippen molar-refractivity contribution in [2.45, 2.75) is 50.7 Å². The average Bonchev–Trinajstić information content (AvgIpc) is 2.90. The highest BCUT2D eigenvalue weighted by Crippen LogP contribution is 2.46. The lowest BCUT2D eigenvalue weighted by Crippen LogP contribution is -3.14. The highest BCUT2D eigenvalue weighted by molar-refractivity contribution is 6.19. The molecule has 202 valence electrons. The monoisotopic (exact) mass is 524 g/mol. The number of phenolic OH excluding ortho intramolecular Hbond substituents is 1. The number of methoxy groups -OCH3 is 2. The van der Waals surface area contributed by atoms with Crippen LogP contribution in [0.25, 0.3) is 32.5 Å². The number of hydrogen-bond acceptors (Lipinski definition) is 8. The van der Waals surface area contributed by atoms with Crippen molar-refractivity contribution in [3.8, 4) is 17.2 Å². The summed E-state index contributed by atoms with van der Waals surface area (Å²) in [5, 5.41) is 35.4. The molecule has 4 N–H and O–H groups in total. The SMILES string of the molecule is CCc1cc(OC)c2c(c1)c(=O)oc1c2cc(OC)c2c(O)ccc([C@@H]3O[C@@H](C)[C@H](O)[C@H]([NH+](C)C)[C@H]3O)c21. The molecule has 1 aliphatic heterocycles. The van der Waals surface area contributed by atoms with Crippen molar-refractivity contribution in [3.05, 3.63) is 51.9 Å². The van der Waals surface area contributed by atoms with Gasteiger partial charge in [-0.05, 0) is 48.7 Å². The molecule has 5 rings (SSSR count). The van der Waals surface area contributed by atoms with Gasteiger partial charge < -0.3 is 38.8 Å². The molecular weight excluding hydrogens is 490 g/mol. The zero-order chi connectivity index (χ0) is 27.5. The van der Waals surface area contributed by atoms with Crippen LogP contribution in [-0.2, 0) is 11.2 Å². The van der Waals surface area contributed by atoms with Crippen molar-refractivity contribution < 1.29 is 38.8 Å². The minimum atomic E-state index is -1.09. The summed E-state index contributed by atoms with van der Waals surface area (Å²) in [4.78, 5) is 14.2. The van der Waals surface area contributed by atoms with Crippen LogP contribution < -0.4 is 20.0 Å². The summed E-state index contributed by atoms with van der Waals surface area (Å²) in [6, 6.07) is 8.02. The smallest absolute Gasteiger partial charge is 0.344 e. The second kappa shape index (κ2) is 9.74. The molecule has 9 nitrogen and oxygen atoms in total. The van der Waals surface area contributed by atoms with Crippen molar-refractivity contribution in [2.75, 3.05) is 28.3 Å². The average molecular weight is 525 g/mol. The van der Waals surface area contributed by atoms with E-state index in [1.165, 1.54) is 13.2 Å². The third kappa shape index (κ3) is 3.89. The molecule has 0 saturated carbocycles. The van der Waals surface area contributed by atoms with Crippen molar-refractivity contribution in [1.29, 1.82) is 0 Å². The first-order chi connectivity index (χ1) is 18.1. The van der Waals surface area contributed by atoms with E-state index in [1.54, 1.807) is 32.2 Å². The maximum Gasteiger partial charge on any atom is 0.344 e. The summed E-state index contributed by atoms with van der Waals surface area (Å²) in [6.45, 7) is 3.75. The fourth-order valence-corrected chi connectivity index (χ4v) is 5.83. The summed E-state index contributed by atoms with van der Waals surface area (Å²) < 4.78 is 23.5. The van der Waals surface area contributed by atoms with Gasteiger partial charge in [-0.25, -0.2) is 4.79 Å². The quantitative estimate of drug-likeness (QED) is 0.231. The van der Waals surface area contributed by atoms with Crippen LogP contribution >= 0.6 is 0 Å². The van der Waals surface area contributed by atoms with Crippen LogP contribution in [0, 0.1) is 0 Å². The van der Waals surface area contributed by atoms with Gasteiger partial charge in [0.15, 0.2) is 0 Å². The van der Waals surface area contributed by atoms with Gasteiger partial charge in [0.2, 0.25) is 0 Å². The molecule has 0 unspecified atom stereocenters. The summed E-state index contributed by atoms with van der Waals surface area (Å²) in [5.41, 5.74) is 1.10. The highest BCUT2D eigenvalue weighted by Gasteiger charge is 2.47. The van der Waals surface area contributed by atoms with Gasteiger partial charge in [-0.2, -0.15) is 0 Å². The first-order valence-corrected chi connectivity index (χ1v) is 12.7. The Morgan fingerprint density at radius 2 is 1.63 bits per heavy atom. The molecule has 3 aromatic carbocycles. The third-order valence-corrected chi connectivity index (χ3v) is 7.76. The Bertz CT molecular complexity index is 1590. The van der Waals surface area contributed by atoms with E-state index in [0.717, 1.165) is 10.5 Å². The van der Waals surface area contributed by atoms with Gasteiger partial charge in [0.1, 0.15) is 47.2 Å². The predicted molar refractivity (Wildman–Crippen MR) is 144 cm³/mol. The fraction of sp³-hybridized carbons (Fsp3) is 0.414. The van der Waals surface area contributed by atoms with Gasteiger partial charge in [-0.1, -0.05) is 13.0 Å². The topological polar surface area (TPSA) is 123 Å². The summed E-state index contributed by atoms with van der Waals surface area (Å²) in [5.74, 6) is 0.797. The molecule has 1 fully saturated rings. The Hall–Kier alpha value is -3.37.